The minimum absolute atomic E-state index is 0. The molecule has 0 radical (unpaired) electrons. The summed E-state index contributed by atoms with van der Waals surface area (Å²) >= 11 is 0. The first kappa shape index (κ1) is 41.1. The average Bonchev–Trinajstić information content (AvgIpc) is 3.34. The monoisotopic (exact) mass is 572 g/mol. The van der Waals surface area contributed by atoms with Crippen LogP contribution in [0.15, 0.2) is 24.3 Å². The first-order valence-corrected chi connectivity index (χ1v) is 11.5. The molecule has 3 aliphatic rings. The SMILES string of the molecule is C.C.C.C.CCC1(OC(=O)CN2C(=O)C=CC2=O)COC(C(C)(C)CC)OC1.COC(=O)CN1C(=O)C=CC1=O. The van der Waals surface area contributed by atoms with E-state index in [9.17, 15) is 28.8 Å². The number of carbonyl (C=O) groups excluding carboxylic acids is 6. The fourth-order valence-corrected chi connectivity index (χ4v) is 3.27. The Morgan fingerprint density at radius 3 is 1.52 bits per heavy atom. The van der Waals surface area contributed by atoms with Gasteiger partial charge in [0.2, 0.25) is 0 Å². The maximum absolute atomic E-state index is 12.1. The van der Waals surface area contributed by atoms with E-state index < -0.39 is 47.7 Å². The van der Waals surface area contributed by atoms with Crippen molar-refractivity contribution in [3.8, 4) is 0 Å². The molecule has 0 unspecified atom stereocenters. The lowest BCUT2D eigenvalue weighted by Crippen LogP contribution is -2.54. The Morgan fingerprint density at radius 1 is 0.825 bits per heavy atom. The highest BCUT2D eigenvalue weighted by Gasteiger charge is 2.43. The lowest BCUT2D eigenvalue weighted by atomic mass is 9.88. The van der Waals surface area contributed by atoms with E-state index in [4.69, 9.17) is 14.2 Å². The minimum Gasteiger partial charge on any atom is -0.468 e. The van der Waals surface area contributed by atoms with Crippen molar-refractivity contribution in [2.75, 3.05) is 33.4 Å². The van der Waals surface area contributed by atoms with Gasteiger partial charge in [-0.1, -0.05) is 57.4 Å². The number of esters is 2. The van der Waals surface area contributed by atoms with Crippen molar-refractivity contribution >= 4 is 35.6 Å². The first-order valence-electron chi connectivity index (χ1n) is 11.5. The molecule has 0 spiro atoms. The Morgan fingerprint density at radius 2 is 1.20 bits per heavy atom. The highest BCUT2D eigenvalue weighted by atomic mass is 16.7. The van der Waals surface area contributed by atoms with Crippen molar-refractivity contribution in [3.63, 3.8) is 0 Å². The quantitative estimate of drug-likeness (QED) is 0.314. The van der Waals surface area contributed by atoms with Gasteiger partial charge in [0.05, 0.1) is 20.3 Å². The van der Waals surface area contributed by atoms with E-state index in [1.54, 1.807) is 0 Å². The lowest BCUT2D eigenvalue weighted by molar-refractivity contribution is -0.290. The number of methoxy groups -OCH3 is 1. The van der Waals surface area contributed by atoms with Gasteiger partial charge in [-0.15, -0.1) is 0 Å². The molecule has 40 heavy (non-hydrogen) atoms. The summed E-state index contributed by atoms with van der Waals surface area (Å²) in [6.45, 7) is 7.77. The maximum atomic E-state index is 12.1. The number of rotatable bonds is 8. The molecule has 0 aromatic rings. The molecule has 0 aromatic carbocycles. The summed E-state index contributed by atoms with van der Waals surface area (Å²) in [7, 11) is 1.20. The van der Waals surface area contributed by atoms with Crippen molar-refractivity contribution in [1.29, 1.82) is 0 Å². The van der Waals surface area contributed by atoms with Crippen molar-refractivity contribution in [3.05, 3.63) is 24.3 Å². The predicted octanol–water partition coefficient (Wildman–Crippen LogP) is 3.04. The van der Waals surface area contributed by atoms with Crippen LogP contribution < -0.4 is 0 Å². The van der Waals surface area contributed by atoms with Crippen molar-refractivity contribution in [2.24, 2.45) is 5.41 Å². The average molecular weight is 573 g/mol. The Labute approximate surface area is 238 Å². The molecular formula is C28H48N2O10. The third kappa shape index (κ3) is 10.3. The number of carbonyl (C=O) groups is 6. The molecule has 1 saturated heterocycles. The van der Waals surface area contributed by atoms with Gasteiger partial charge >= 0.3 is 11.9 Å². The molecule has 3 aliphatic heterocycles. The second kappa shape index (κ2) is 17.3. The van der Waals surface area contributed by atoms with Gasteiger partial charge in [-0.25, -0.2) is 0 Å². The predicted molar refractivity (Wildman–Crippen MR) is 150 cm³/mol. The second-order valence-electron chi connectivity index (χ2n) is 9.07. The number of hydrogen-bond acceptors (Lipinski definition) is 10. The third-order valence-electron chi connectivity index (χ3n) is 6.12. The van der Waals surface area contributed by atoms with Crippen LogP contribution in [0.3, 0.4) is 0 Å². The summed E-state index contributed by atoms with van der Waals surface area (Å²) < 4.78 is 21.4. The fraction of sp³-hybridized carbons (Fsp3) is 0.643. The number of nitrogens with zero attached hydrogens (tertiary/aromatic N) is 2. The molecular weight excluding hydrogens is 524 g/mol. The number of amides is 4. The molecule has 0 aliphatic carbocycles. The molecule has 0 atom stereocenters. The summed E-state index contributed by atoms with van der Waals surface area (Å²) in [6, 6.07) is 0. The van der Waals surface area contributed by atoms with Crippen molar-refractivity contribution < 1.29 is 47.7 Å². The minimum atomic E-state index is -0.892. The van der Waals surface area contributed by atoms with Crippen molar-refractivity contribution in [2.45, 2.75) is 82.1 Å². The first-order chi connectivity index (χ1) is 16.9. The molecule has 0 bridgehead atoms. The molecule has 12 nitrogen and oxygen atoms in total. The largest absolute Gasteiger partial charge is 0.468 e. The normalized spacial score (nSPS) is 21.3. The van der Waals surface area contributed by atoms with Crippen LogP contribution in [-0.2, 0) is 47.7 Å². The van der Waals surface area contributed by atoms with Gasteiger partial charge in [0, 0.05) is 29.7 Å². The van der Waals surface area contributed by atoms with Gasteiger partial charge in [0.15, 0.2) is 11.9 Å². The Kier molecular flexibility index (Phi) is 17.8. The molecule has 1 fully saturated rings. The number of hydrogen-bond donors (Lipinski definition) is 0. The maximum Gasteiger partial charge on any atom is 0.326 e. The van der Waals surface area contributed by atoms with E-state index in [2.05, 4.69) is 25.5 Å². The Hall–Kier alpha value is -3.38. The molecule has 4 amide bonds. The van der Waals surface area contributed by atoms with Gasteiger partial charge in [-0.3, -0.25) is 38.6 Å². The van der Waals surface area contributed by atoms with E-state index in [0.29, 0.717) is 6.42 Å². The third-order valence-corrected chi connectivity index (χ3v) is 6.12. The van der Waals surface area contributed by atoms with Crippen LogP contribution in [0.1, 0.15) is 70.2 Å². The molecule has 230 valence electrons. The molecule has 3 heterocycles. The van der Waals surface area contributed by atoms with Crippen LogP contribution in [-0.4, -0.2) is 90.7 Å². The van der Waals surface area contributed by atoms with Gasteiger partial charge in [-0.2, -0.15) is 0 Å². The molecule has 0 saturated carbocycles. The molecule has 3 rings (SSSR count). The summed E-state index contributed by atoms with van der Waals surface area (Å²) in [5, 5.41) is 0. The van der Waals surface area contributed by atoms with Gasteiger partial charge in [0.1, 0.15) is 13.1 Å². The standard InChI is InChI=1S/C17H25NO6.C7H7NO4.4CH4/c1-5-16(3,4)15-22-10-17(6-2,11-23-15)24-14(21)9-18-12(19)7-8-13(18)20;1-12-7(11)4-8-5(9)2-3-6(8)10;;;;/h7-8,15H,5-6,9-11H2,1-4H3;2-3H,4H2,1H3;4*1H4. The van der Waals surface area contributed by atoms with Crippen LogP contribution in [0.25, 0.3) is 0 Å². The van der Waals surface area contributed by atoms with Crippen LogP contribution in [0, 0.1) is 5.41 Å². The van der Waals surface area contributed by atoms with E-state index >= 15 is 0 Å². The van der Waals surface area contributed by atoms with E-state index in [-0.39, 0.29) is 61.2 Å². The zero-order chi connectivity index (χ0) is 27.1. The summed E-state index contributed by atoms with van der Waals surface area (Å²) in [4.78, 5) is 69.2. The number of imide groups is 2. The smallest absolute Gasteiger partial charge is 0.326 e. The molecule has 0 N–H and O–H groups in total. The fourth-order valence-electron chi connectivity index (χ4n) is 3.27. The lowest BCUT2D eigenvalue weighted by Gasteiger charge is -2.43. The van der Waals surface area contributed by atoms with E-state index in [1.165, 1.54) is 7.11 Å². The van der Waals surface area contributed by atoms with Crippen molar-refractivity contribution in [1.82, 2.24) is 9.80 Å². The summed E-state index contributed by atoms with van der Waals surface area (Å²) in [5.74, 6) is -3.24. The second-order valence-corrected chi connectivity index (χ2v) is 9.07. The number of ether oxygens (including phenoxy) is 4. The van der Waals surface area contributed by atoms with Crippen LogP contribution in [0.4, 0.5) is 0 Å². The zero-order valence-electron chi connectivity index (χ0n) is 21.1. The Bertz CT molecular complexity index is 926. The van der Waals surface area contributed by atoms with Gasteiger partial charge in [0.25, 0.3) is 23.6 Å². The van der Waals surface area contributed by atoms with Crippen LogP contribution in [0.5, 0.6) is 0 Å². The highest BCUT2D eigenvalue weighted by molar-refractivity contribution is 6.14. The van der Waals surface area contributed by atoms with E-state index in [0.717, 1.165) is 40.5 Å². The summed E-state index contributed by atoms with van der Waals surface area (Å²) in [6.07, 6.45) is 5.55. The highest BCUT2D eigenvalue weighted by Crippen LogP contribution is 2.34. The molecule has 12 heteroatoms. The molecule has 0 aromatic heterocycles. The van der Waals surface area contributed by atoms with Gasteiger partial charge < -0.3 is 18.9 Å². The Balaban J connectivity index is -0.000000737. The van der Waals surface area contributed by atoms with Gasteiger partial charge in [-0.05, 0) is 12.8 Å². The van der Waals surface area contributed by atoms with Crippen LogP contribution >= 0.6 is 0 Å². The topological polar surface area (TPSA) is 146 Å². The van der Waals surface area contributed by atoms with E-state index in [1.807, 2.05) is 6.92 Å². The summed E-state index contributed by atoms with van der Waals surface area (Å²) in [5.41, 5.74) is -1.03. The van der Waals surface area contributed by atoms with Crippen LogP contribution in [0.2, 0.25) is 0 Å². The zero-order valence-corrected chi connectivity index (χ0v) is 21.1.